The first-order valence-electron chi connectivity index (χ1n) is 9.93. The Morgan fingerprint density at radius 2 is 2.10 bits per heavy atom. The quantitative estimate of drug-likeness (QED) is 0.386. The molecule has 1 aliphatic rings. The summed E-state index contributed by atoms with van der Waals surface area (Å²) in [5, 5.41) is 7.13. The van der Waals surface area contributed by atoms with Gasteiger partial charge in [0.15, 0.2) is 6.29 Å². The van der Waals surface area contributed by atoms with Crippen molar-refractivity contribution in [2.75, 3.05) is 26.1 Å². The van der Waals surface area contributed by atoms with Gasteiger partial charge in [0.1, 0.15) is 23.6 Å². The minimum atomic E-state index is -0.386. The van der Waals surface area contributed by atoms with Crippen LogP contribution in [0.2, 0.25) is 0 Å². The Hall–Kier alpha value is -3.62. The monoisotopic (exact) mass is 427 g/mol. The van der Waals surface area contributed by atoms with E-state index in [1.807, 2.05) is 27.8 Å². The van der Waals surface area contributed by atoms with E-state index >= 15 is 0 Å². The Labute approximate surface area is 181 Å². The summed E-state index contributed by atoms with van der Waals surface area (Å²) >= 11 is 0. The fourth-order valence-corrected chi connectivity index (χ4v) is 3.14. The molecule has 0 saturated carbocycles. The third-order valence-corrected chi connectivity index (χ3v) is 4.38. The summed E-state index contributed by atoms with van der Waals surface area (Å²) in [6.07, 6.45) is 2.57. The molecule has 3 aromatic rings. The molecule has 0 spiro atoms. The SMILES string of the molecule is C=CC.CCn1nc(C)cc1C=O.CNc1nc2cc(C(=O)OC)cc3c2n1CCO3. The van der Waals surface area contributed by atoms with Gasteiger partial charge in [-0.15, -0.1) is 6.58 Å². The van der Waals surface area contributed by atoms with E-state index in [9.17, 15) is 9.59 Å². The van der Waals surface area contributed by atoms with Crippen LogP contribution >= 0.6 is 0 Å². The fraction of sp³-hybridized carbons (Fsp3) is 0.364. The van der Waals surface area contributed by atoms with E-state index in [-0.39, 0.29) is 5.97 Å². The van der Waals surface area contributed by atoms with Crippen LogP contribution in [0.1, 0.15) is 40.4 Å². The molecule has 0 radical (unpaired) electrons. The number of hydrogen-bond donors (Lipinski definition) is 1. The fourth-order valence-electron chi connectivity index (χ4n) is 3.14. The number of carbonyl (C=O) groups is 2. The zero-order valence-electron chi connectivity index (χ0n) is 18.6. The van der Waals surface area contributed by atoms with Crippen molar-refractivity contribution in [2.45, 2.75) is 33.9 Å². The number of allylic oxidation sites excluding steroid dienone is 1. The van der Waals surface area contributed by atoms with Crippen LogP contribution in [-0.4, -0.2) is 52.4 Å². The number of rotatable bonds is 4. The number of aryl methyl sites for hydroxylation is 2. The number of carbonyl (C=O) groups excluding carboxylic acids is 2. The van der Waals surface area contributed by atoms with Gasteiger partial charge in [0, 0.05) is 13.6 Å². The number of nitrogens with one attached hydrogen (secondary N) is 1. The predicted molar refractivity (Wildman–Crippen MR) is 120 cm³/mol. The summed E-state index contributed by atoms with van der Waals surface area (Å²) in [7, 11) is 3.18. The molecule has 0 fully saturated rings. The maximum Gasteiger partial charge on any atom is 0.338 e. The summed E-state index contributed by atoms with van der Waals surface area (Å²) < 4.78 is 14.0. The van der Waals surface area contributed by atoms with Gasteiger partial charge in [0.2, 0.25) is 5.95 Å². The molecule has 0 unspecified atom stereocenters. The van der Waals surface area contributed by atoms with Crippen molar-refractivity contribution in [1.29, 1.82) is 0 Å². The van der Waals surface area contributed by atoms with E-state index in [4.69, 9.17) is 9.47 Å². The summed E-state index contributed by atoms with van der Waals surface area (Å²) in [5.41, 5.74) is 3.65. The third kappa shape index (κ3) is 5.30. The molecule has 0 saturated heterocycles. The molecule has 4 rings (SSSR count). The van der Waals surface area contributed by atoms with Crippen molar-refractivity contribution in [3.05, 3.63) is 47.8 Å². The lowest BCUT2D eigenvalue weighted by atomic mass is 10.1. The second-order valence-corrected chi connectivity index (χ2v) is 6.57. The Bertz CT molecular complexity index is 1070. The van der Waals surface area contributed by atoms with Crippen LogP contribution in [-0.2, 0) is 17.8 Å². The molecular weight excluding hydrogens is 398 g/mol. The molecule has 1 aliphatic heterocycles. The van der Waals surface area contributed by atoms with Crippen molar-refractivity contribution < 1.29 is 19.1 Å². The Balaban J connectivity index is 0.000000223. The second kappa shape index (κ2) is 11.0. The number of ether oxygens (including phenoxy) is 2. The number of benzene rings is 1. The number of aldehydes is 1. The summed E-state index contributed by atoms with van der Waals surface area (Å²) in [6.45, 7) is 11.1. The van der Waals surface area contributed by atoms with E-state index in [2.05, 4.69) is 26.5 Å². The number of aromatic nitrogens is 4. The molecule has 9 heteroatoms. The normalized spacial score (nSPS) is 11.3. The van der Waals surface area contributed by atoms with Gasteiger partial charge >= 0.3 is 5.97 Å². The van der Waals surface area contributed by atoms with Crippen LogP contribution in [0.5, 0.6) is 5.75 Å². The zero-order chi connectivity index (χ0) is 23.0. The Kier molecular flexibility index (Phi) is 8.36. The summed E-state index contributed by atoms with van der Waals surface area (Å²) in [6, 6.07) is 5.19. The van der Waals surface area contributed by atoms with Crippen LogP contribution < -0.4 is 10.1 Å². The van der Waals surface area contributed by atoms with Crippen LogP contribution in [0.15, 0.2) is 30.9 Å². The molecule has 9 nitrogen and oxygen atoms in total. The van der Waals surface area contributed by atoms with Crippen molar-refractivity contribution in [2.24, 2.45) is 0 Å². The van der Waals surface area contributed by atoms with Gasteiger partial charge in [-0.05, 0) is 39.0 Å². The summed E-state index contributed by atoms with van der Waals surface area (Å²) in [5.74, 6) is 1.06. The largest absolute Gasteiger partial charge is 0.489 e. The van der Waals surface area contributed by atoms with Crippen LogP contribution in [0.25, 0.3) is 11.0 Å². The minimum Gasteiger partial charge on any atom is -0.489 e. The molecule has 0 aliphatic carbocycles. The highest BCUT2D eigenvalue weighted by atomic mass is 16.5. The number of hydrogen-bond acceptors (Lipinski definition) is 7. The second-order valence-electron chi connectivity index (χ2n) is 6.57. The van der Waals surface area contributed by atoms with Crippen LogP contribution in [0, 0.1) is 6.92 Å². The smallest absolute Gasteiger partial charge is 0.338 e. The number of methoxy groups -OCH3 is 1. The number of anilines is 1. The highest BCUT2D eigenvalue weighted by Gasteiger charge is 2.21. The van der Waals surface area contributed by atoms with Gasteiger partial charge in [-0.3, -0.25) is 9.48 Å². The first kappa shape index (κ1) is 23.7. The standard InChI is InChI=1S/C12H13N3O3.C7H10N2O.C3H6/c1-13-12-14-8-5-7(11(16)17-2)6-9-10(8)15(12)3-4-18-9;1-3-9-7(5-10)4-6(2)8-9;1-3-2/h5-6H,3-4H2,1-2H3,(H,13,14);4-5H,3H2,1-2H3;3H,1H2,2H3. The highest BCUT2D eigenvalue weighted by Crippen LogP contribution is 2.33. The average Bonchev–Trinajstić information content (AvgIpc) is 3.34. The molecule has 2 aromatic heterocycles. The third-order valence-electron chi connectivity index (χ3n) is 4.38. The van der Waals surface area contributed by atoms with Gasteiger partial charge in [-0.2, -0.15) is 5.10 Å². The number of nitrogens with zero attached hydrogens (tertiary/aromatic N) is 4. The molecule has 1 aromatic carbocycles. The maximum atomic E-state index is 11.6. The first-order chi connectivity index (χ1) is 14.9. The molecule has 0 amide bonds. The number of imidazole rings is 1. The van der Waals surface area contributed by atoms with Crippen LogP contribution in [0.4, 0.5) is 5.95 Å². The van der Waals surface area contributed by atoms with Gasteiger partial charge < -0.3 is 19.4 Å². The van der Waals surface area contributed by atoms with Crippen molar-refractivity contribution in [1.82, 2.24) is 19.3 Å². The van der Waals surface area contributed by atoms with Crippen molar-refractivity contribution in [3.63, 3.8) is 0 Å². The van der Waals surface area contributed by atoms with Gasteiger partial charge in [0.05, 0.1) is 30.4 Å². The lowest BCUT2D eigenvalue weighted by Crippen LogP contribution is -2.16. The Morgan fingerprint density at radius 3 is 2.65 bits per heavy atom. The molecule has 3 heterocycles. The molecule has 166 valence electrons. The molecule has 0 bridgehead atoms. The molecule has 0 atom stereocenters. The van der Waals surface area contributed by atoms with E-state index in [0.29, 0.717) is 23.6 Å². The van der Waals surface area contributed by atoms with E-state index < -0.39 is 0 Å². The van der Waals surface area contributed by atoms with Crippen molar-refractivity contribution >= 4 is 29.2 Å². The Morgan fingerprint density at radius 1 is 1.39 bits per heavy atom. The molecular formula is C22H29N5O4. The van der Waals surface area contributed by atoms with Crippen LogP contribution in [0.3, 0.4) is 0 Å². The molecule has 31 heavy (non-hydrogen) atoms. The summed E-state index contributed by atoms with van der Waals surface area (Å²) in [4.78, 5) is 26.4. The van der Waals surface area contributed by atoms with E-state index in [1.165, 1.54) is 7.11 Å². The van der Waals surface area contributed by atoms with Gasteiger partial charge in [-0.25, -0.2) is 9.78 Å². The lowest BCUT2D eigenvalue weighted by molar-refractivity contribution is 0.0600. The maximum absolute atomic E-state index is 11.6. The topological polar surface area (TPSA) is 100 Å². The van der Waals surface area contributed by atoms with Crippen molar-refractivity contribution in [3.8, 4) is 5.75 Å². The highest BCUT2D eigenvalue weighted by molar-refractivity contribution is 5.97. The van der Waals surface area contributed by atoms with E-state index in [1.54, 1.807) is 29.0 Å². The van der Waals surface area contributed by atoms with Gasteiger partial charge in [-0.1, -0.05) is 6.08 Å². The lowest BCUT2D eigenvalue weighted by Gasteiger charge is -2.18. The average molecular weight is 428 g/mol. The first-order valence-corrected chi connectivity index (χ1v) is 9.93. The number of esters is 1. The zero-order valence-corrected chi connectivity index (χ0v) is 18.6. The van der Waals surface area contributed by atoms with E-state index in [0.717, 1.165) is 42.1 Å². The minimum absolute atomic E-state index is 0.386. The van der Waals surface area contributed by atoms with Gasteiger partial charge in [0.25, 0.3) is 0 Å². The predicted octanol–water partition coefficient (Wildman–Crippen LogP) is 3.47. The molecule has 1 N–H and O–H groups in total.